The second-order valence-electron chi connectivity index (χ2n) is 3.22. The Labute approximate surface area is 102 Å². The van der Waals surface area contributed by atoms with Crippen molar-refractivity contribution in [2.45, 2.75) is 13.3 Å². The van der Waals surface area contributed by atoms with Crippen molar-refractivity contribution >= 4 is 28.3 Å². The number of hydrogen-bond acceptors (Lipinski definition) is 3. The fourth-order valence-corrected chi connectivity index (χ4v) is 1.52. The Bertz CT molecular complexity index is 405. The predicted molar refractivity (Wildman–Crippen MR) is 66.5 cm³/mol. The topological polar surface area (TPSA) is 46.2 Å². The van der Waals surface area contributed by atoms with Gasteiger partial charge in [-0.05, 0) is 24.1 Å². The van der Waals surface area contributed by atoms with Crippen molar-refractivity contribution < 1.29 is 12.3 Å². The van der Waals surface area contributed by atoms with Crippen molar-refractivity contribution in [3.63, 3.8) is 0 Å². The molecule has 0 spiro atoms. The van der Waals surface area contributed by atoms with Crippen LogP contribution in [0.4, 0.5) is 9.57 Å². The molecule has 3 nitrogen and oxygen atoms in total. The predicted octanol–water partition coefficient (Wildman–Crippen LogP) is 2.38. The fraction of sp³-hybridized carbons (Fsp3) is 0.400. The van der Waals surface area contributed by atoms with Crippen molar-refractivity contribution in [2.24, 2.45) is 0 Å². The molecule has 1 N–H and O–H groups in total. The summed E-state index contributed by atoms with van der Waals surface area (Å²) in [5.41, 5.74) is 2.01. The van der Waals surface area contributed by atoms with Crippen LogP contribution in [0.5, 0.6) is 0 Å². The highest BCUT2D eigenvalue weighted by atomic mass is 35.5. The molecule has 0 atom stereocenters. The standard InChI is InChI=1S/C10H14FNO2S.ClH/c1-2-9-3-5-10(6-4-9)12-7-8-15(11,13)14;/h3-6,12H,2,7-8H2,1H3;1H. The molecule has 0 heterocycles. The maximum absolute atomic E-state index is 12.1. The van der Waals surface area contributed by atoms with Crippen molar-refractivity contribution in [3.05, 3.63) is 29.8 Å². The Morgan fingerprint density at radius 1 is 1.25 bits per heavy atom. The van der Waals surface area contributed by atoms with Crippen molar-refractivity contribution in [3.8, 4) is 0 Å². The normalized spacial score (nSPS) is 10.6. The first kappa shape index (κ1) is 15.2. The molecule has 1 aromatic carbocycles. The first-order valence-corrected chi connectivity index (χ1v) is 6.31. The largest absolute Gasteiger partial charge is 0.384 e. The van der Waals surface area contributed by atoms with Gasteiger partial charge in [-0.1, -0.05) is 19.1 Å². The van der Waals surface area contributed by atoms with Gasteiger partial charge in [0.05, 0.1) is 5.75 Å². The van der Waals surface area contributed by atoms with E-state index in [0.29, 0.717) is 0 Å². The number of halogens is 2. The molecule has 16 heavy (non-hydrogen) atoms. The summed E-state index contributed by atoms with van der Waals surface area (Å²) in [5.74, 6) is -0.497. The van der Waals surface area contributed by atoms with E-state index in [0.717, 1.165) is 12.1 Å². The van der Waals surface area contributed by atoms with Crippen molar-refractivity contribution in [2.75, 3.05) is 17.6 Å². The van der Waals surface area contributed by atoms with Gasteiger partial charge in [-0.25, -0.2) is 0 Å². The number of aryl methyl sites for hydroxylation is 1. The Balaban J connectivity index is 0.00000225. The molecule has 0 amide bonds. The lowest BCUT2D eigenvalue weighted by molar-refractivity contribution is 0.552. The summed E-state index contributed by atoms with van der Waals surface area (Å²) < 4.78 is 32.6. The zero-order valence-corrected chi connectivity index (χ0v) is 10.6. The van der Waals surface area contributed by atoms with Gasteiger partial charge < -0.3 is 5.32 Å². The molecule has 92 valence electrons. The maximum atomic E-state index is 12.1. The molecule has 0 radical (unpaired) electrons. The minimum Gasteiger partial charge on any atom is -0.384 e. The summed E-state index contributed by atoms with van der Waals surface area (Å²) in [6, 6.07) is 7.60. The molecule has 0 saturated heterocycles. The summed E-state index contributed by atoms with van der Waals surface area (Å²) in [7, 11) is -4.37. The molecule has 1 aromatic rings. The van der Waals surface area contributed by atoms with Gasteiger partial charge in [-0.3, -0.25) is 0 Å². The highest BCUT2D eigenvalue weighted by molar-refractivity contribution is 7.86. The zero-order valence-electron chi connectivity index (χ0n) is 8.94. The highest BCUT2D eigenvalue weighted by Crippen LogP contribution is 2.09. The van der Waals surface area contributed by atoms with Gasteiger partial charge in [-0.2, -0.15) is 8.42 Å². The SMILES string of the molecule is CCc1ccc(NCCS(=O)(=O)F)cc1.Cl. The second-order valence-corrected chi connectivity index (χ2v) is 4.71. The summed E-state index contributed by atoms with van der Waals surface area (Å²) in [4.78, 5) is 0. The number of anilines is 1. The minimum atomic E-state index is -4.37. The lowest BCUT2D eigenvalue weighted by atomic mass is 10.1. The highest BCUT2D eigenvalue weighted by Gasteiger charge is 2.05. The fourth-order valence-electron chi connectivity index (χ4n) is 1.18. The smallest absolute Gasteiger partial charge is 0.304 e. The van der Waals surface area contributed by atoms with E-state index in [-0.39, 0.29) is 19.0 Å². The molecule has 0 aromatic heterocycles. The summed E-state index contributed by atoms with van der Waals surface area (Å²) in [6.07, 6.45) is 0.957. The quantitative estimate of drug-likeness (QED) is 0.834. The Morgan fingerprint density at radius 3 is 2.25 bits per heavy atom. The van der Waals surface area contributed by atoms with Gasteiger partial charge in [0.1, 0.15) is 0 Å². The van der Waals surface area contributed by atoms with Crippen LogP contribution in [0.1, 0.15) is 12.5 Å². The molecule has 0 aliphatic heterocycles. The number of nitrogens with one attached hydrogen (secondary N) is 1. The molecular weight excluding hydrogens is 253 g/mol. The zero-order chi connectivity index (χ0) is 11.3. The lowest BCUT2D eigenvalue weighted by Crippen LogP contribution is -2.11. The molecule has 0 bridgehead atoms. The third-order valence-electron chi connectivity index (χ3n) is 2.04. The first-order chi connectivity index (χ1) is 7.01. The number of rotatable bonds is 5. The van der Waals surface area contributed by atoms with E-state index in [9.17, 15) is 12.3 Å². The second kappa shape index (κ2) is 6.70. The molecule has 0 unspecified atom stereocenters. The average Bonchev–Trinajstić information content (AvgIpc) is 2.17. The van der Waals surface area contributed by atoms with Crippen LogP contribution in [0.2, 0.25) is 0 Å². The van der Waals surface area contributed by atoms with Gasteiger partial charge in [0.25, 0.3) is 0 Å². The van der Waals surface area contributed by atoms with Crippen LogP contribution in [0.15, 0.2) is 24.3 Å². The lowest BCUT2D eigenvalue weighted by Gasteiger charge is -2.05. The molecular formula is C10H15ClFNO2S. The van der Waals surface area contributed by atoms with Crippen LogP contribution in [0.3, 0.4) is 0 Å². The third-order valence-corrected chi connectivity index (χ3v) is 2.73. The van der Waals surface area contributed by atoms with Gasteiger partial charge in [-0.15, -0.1) is 16.3 Å². The van der Waals surface area contributed by atoms with E-state index in [1.165, 1.54) is 5.56 Å². The Kier molecular flexibility index (Phi) is 6.36. The molecule has 0 aliphatic rings. The molecule has 0 saturated carbocycles. The van der Waals surface area contributed by atoms with E-state index >= 15 is 0 Å². The first-order valence-electron chi connectivity index (χ1n) is 4.76. The van der Waals surface area contributed by atoms with E-state index in [2.05, 4.69) is 12.2 Å². The van der Waals surface area contributed by atoms with Crippen molar-refractivity contribution in [1.29, 1.82) is 0 Å². The summed E-state index contributed by atoms with van der Waals surface area (Å²) in [5, 5.41) is 2.83. The summed E-state index contributed by atoms with van der Waals surface area (Å²) in [6.45, 7) is 2.14. The van der Waals surface area contributed by atoms with E-state index < -0.39 is 16.0 Å². The van der Waals surface area contributed by atoms with Gasteiger partial charge in [0.15, 0.2) is 0 Å². The molecule has 1 rings (SSSR count). The maximum Gasteiger partial charge on any atom is 0.304 e. The van der Waals surface area contributed by atoms with Crippen LogP contribution < -0.4 is 5.32 Å². The van der Waals surface area contributed by atoms with Crippen molar-refractivity contribution in [1.82, 2.24) is 0 Å². The van der Waals surface area contributed by atoms with Crippen LogP contribution in [-0.4, -0.2) is 20.7 Å². The van der Waals surface area contributed by atoms with Gasteiger partial charge >= 0.3 is 10.2 Å². The Hall–Kier alpha value is -0.810. The molecule has 0 aliphatic carbocycles. The number of hydrogen-bond donors (Lipinski definition) is 1. The number of benzene rings is 1. The van der Waals surface area contributed by atoms with Gasteiger partial charge in [0.2, 0.25) is 0 Å². The third kappa shape index (κ3) is 5.92. The molecule has 6 heteroatoms. The molecule has 0 fully saturated rings. The Morgan fingerprint density at radius 2 is 1.81 bits per heavy atom. The minimum absolute atomic E-state index is 0. The summed E-state index contributed by atoms with van der Waals surface area (Å²) >= 11 is 0. The van der Waals surface area contributed by atoms with Crippen LogP contribution in [-0.2, 0) is 16.6 Å². The van der Waals surface area contributed by atoms with Gasteiger partial charge in [0, 0.05) is 12.2 Å². The monoisotopic (exact) mass is 267 g/mol. The van der Waals surface area contributed by atoms with E-state index in [4.69, 9.17) is 0 Å². The van der Waals surface area contributed by atoms with E-state index in [1.807, 2.05) is 24.3 Å². The van der Waals surface area contributed by atoms with Crippen LogP contribution in [0.25, 0.3) is 0 Å². The van der Waals surface area contributed by atoms with Crippen LogP contribution in [0, 0.1) is 0 Å². The van der Waals surface area contributed by atoms with E-state index in [1.54, 1.807) is 0 Å². The van der Waals surface area contributed by atoms with Crippen LogP contribution >= 0.6 is 12.4 Å². The average molecular weight is 268 g/mol.